The Hall–Kier alpha value is -2.04. The quantitative estimate of drug-likeness (QED) is 0.627. The SMILES string of the molecule is COC(=O)c1cccc(Cn2ccc3c(Cl)c(Cl)ccc32)c1F. The smallest absolute Gasteiger partial charge is 0.340 e. The predicted octanol–water partition coefficient (Wildman–Crippen LogP) is 4.92. The molecule has 0 N–H and O–H groups in total. The Morgan fingerprint density at radius 3 is 2.74 bits per heavy atom. The summed E-state index contributed by atoms with van der Waals surface area (Å²) in [4.78, 5) is 11.6. The maximum atomic E-state index is 14.5. The number of halogens is 3. The fourth-order valence-electron chi connectivity index (χ4n) is 2.50. The van der Waals surface area contributed by atoms with Crippen LogP contribution in [0.25, 0.3) is 10.9 Å². The molecule has 0 bridgehead atoms. The molecule has 0 fully saturated rings. The third kappa shape index (κ3) is 2.80. The molecule has 0 saturated heterocycles. The summed E-state index contributed by atoms with van der Waals surface area (Å²) < 4.78 is 20.9. The lowest BCUT2D eigenvalue weighted by Crippen LogP contribution is -2.08. The molecule has 0 radical (unpaired) electrons. The van der Waals surface area contributed by atoms with E-state index in [1.807, 2.05) is 16.7 Å². The van der Waals surface area contributed by atoms with Crippen LogP contribution in [0.5, 0.6) is 0 Å². The second-order valence-electron chi connectivity index (χ2n) is 5.01. The minimum absolute atomic E-state index is 0.0810. The maximum Gasteiger partial charge on any atom is 0.340 e. The van der Waals surface area contributed by atoms with Crippen LogP contribution in [0.2, 0.25) is 10.0 Å². The second kappa shape index (κ2) is 6.22. The van der Waals surface area contributed by atoms with Gasteiger partial charge in [0.2, 0.25) is 0 Å². The summed E-state index contributed by atoms with van der Waals surface area (Å²) in [5.74, 6) is -1.28. The van der Waals surface area contributed by atoms with Crippen molar-refractivity contribution in [3.8, 4) is 0 Å². The lowest BCUT2D eigenvalue weighted by Gasteiger charge is -2.10. The Bertz CT molecular complexity index is 905. The molecule has 0 aliphatic rings. The Kier molecular flexibility index (Phi) is 4.28. The minimum atomic E-state index is -0.698. The summed E-state index contributed by atoms with van der Waals surface area (Å²) in [7, 11) is 1.22. The number of carbonyl (C=O) groups is 1. The van der Waals surface area contributed by atoms with Gasteiger partial charge < -0.3 is 9.30 Å². The monoisotopic (exact) mass is 351 g/mol. The number of nitrogens with zero attached hydrogens (tertiary/aromatic N) is 1. The zero-order chi connectivity index (χ0) is 16.6. The van der Waals surface area contributed by atoms with Gasteiger partial charge in [0, 0.05) is 22.7 Å². The van der Waals surface area contributed by atoms with E-state index in [9.17, 15) is 9.18 Å². The first-order chi connectivity index (χ1) is 11.0. The van der Waals surface area contributed by atoms with E-state index < -0.39 is 11.8 Å². The molecule has 2 aromatic carbocycles. The van der Waals surface area contributed by atoms with Gasteiger partial charge in [0.15, 0.2) is 0 Å². The number of methoxy groups -OCH3 is 1. The molecule has 6 heteroatoms. The topological polar surface area (TPSA) is 31.2 Å². The van der Waals surface area contributed by atoms with Crippen LogP contribution in [0.15, 0.2) is 42.6 Å². The Labute approximate surface area is 142 Å². The number of esters is 1. The number of hydrogen-bond acceptors (Lipinski definition) is 2. The van der Waals surface area contributed by atoms with E-state index in [0.717, 1.165) is 10.9 Å². The number of ether oxygens (including phenoxy) is 1. The van der Waals surface area contributed by atoms with Crippen molar-refractivity contribution in [1.29, 1.82) is 0 Å². The number of carbonyl (C=O) groups excluding carboxylic acids is 1. The molecular formula is C17H12Cl2FNO2. The van der Waals surface area contributed by atoms with Crippen LogP contribution in [0, 0.1) is 5.82 Å². The van der Waals surface area contributed by atoms with Gasteiger partial charge in [-0.05, 0) is 24.3 Å². The third-order valence-corrected chi connectivity index (χ3v) is 4.48. The molecule has 3 aromatic rings. The summed E-state index contributed by atoms with van der Waals surface area (Å²) in [5, 5.41) is 1.73. The molecule has 0 amide bonds. The summed E-state index contributed by atoms with van der Waals surface area (Å²) in [6.45, 7) is 0.262. The van der Waals surface area contributed by atoms with Gasteiger partial charge in [-0.1, -0.05) is 35.3 Å². The highest BCUT2D eigenvalue weighted by Crippen LogP contribution is 2.31. The van der Waals surface area contributed by atoms with E-state index in [2.05, 4.69) is 4.74 Å². The van der Waals surface area contributed by atoms with E-state index in [1.54, 1.807) is 24.4 Å². The van der Waals surface area contributed by atoms with Crippen molar-refractivity contribution in [3.05, 3.63) is 69.6 Å². The van der Waals surface area contributed by atoms with E-state index in [0.29, 0.717) is 15.6 Å². The van der Waals surface area contributed by atoms with E-state index >= 15 is 0 Å². The molecule has 0 atom stereocenters. The molecule has 118 valence electrons. The molecule has 23 heavy (non-hydrogen) atoms. The number of rotatable bonds is 3. The second-order valence-corrected chi connectivity index (χ2v) is 5.79. The zero-order valence-electron chi connectivity index (χ0n) is 12.1. The van der Waals surface area contributed by atoms with Gasteiger partial charge in [-0.25, -0.2) is 9.18 Å². The van der Waals surface area contributed by atoms with Gasteiger partial charge in [-0.2, -0.15) is 0 Å². The summed E-state index contributed by atoms with van der Waals surface area (Å²) in [6.07, 6.45) is 1.80. The normalized spacial score (nSPS) is 11.0. The minimum Gasteiger partial charge on any atom is -0.465 e. The largest absolute Gasteiger partial charge is 0.465 e. The van der Waals surface area contributed by atoms with Crippen LogP contribution in [-0.2, 0) is 11.3 Å². The van der Waals surface area contributed by atoms with Crippen molar-refractivity contribution < 1.29 is 13.9 Å². The molecule has 0 saturated carbocycles. The van der Waals surface area contributed by atoms with E-state index in [1.165, 1.54) is 13.2 Å². The van der Waals surface area contributed by atoms with Crippen molar-refractivity contribution in [2.24, 2.45) is 0 Å². The van der Waals surface area contributed by atoms with Gasteiger partial charge in [-0.15, -0.1) is 0 Å². The van der Waals surface area contributed by atoms with Gasteiger partial charge >= 0.3 is 5.97 Å². The molecular weight excluding hydrogens is 340 g/mol. The van der Waals surface area contributed by atoms with E-state index in [-0.39, 0.29) is 12.1 Å². The Morgan fingerprint density at radius 1 is 1.22 bits per heavy atom. The first-order valence-corrected chi connectivity index (χ1v) is 7.57. The van der Waals surface area contributed by atoms with Crippen LogP contribution in [0.1, 0.15) is 15.9 Å². The number of benzene rings is 2. The van der Waals surface area contributed by atoms with Crippen molar-refractivity contribution in [2.45, 2.75) is 6.54 Å². The first-order valence-electron chi connectivity index (χ1n) is 6.81. The summed E-state index contributed by atoms with van der Waals surface area (Å²) in [6, 6.07) is 10.0. The van der Waals surface area contributed by atoms with Crippen molar-refractivity contribution >= 4 is 40.1 Å². The fourth-order valence-corrected chi connectivity index (χ4v) is 2.89. The zero-order valence-corrected chi connectivity index (χ0v) is 13.7. The molecule has 1 aromatic heterocycles. The van der Waals surface area contributed by atoms with Crippen LogP contribution in [0.4, 0.5) is 4.39 Å². The van der Waals surface area contributed by atoms with Gasteiger partial charge in [0.25, 0.3) is 0 Å². The molecule has 0 aliphatic carbocycles. The number of aromatic nitrogens is 1. The molecule has 0 spiro atoms. The standard InChI is InChI=1S/C17H12Cl2FNO2/c1-23-17(22)12-4-2-3-10(16(12)20)9-21-8-7-11-14(21)6-5-13(18)15(11)19/h2-8H,9H2,1H3. The lowest BCUT2D eigenvalue weighted by molar-refractivity contribution is 0.0595. The Morgan fingerprint density at radius 2 is 2.00 bits per heavy atom. The molecule has 3 rings (SSSR count). The van der Waals surface area contributed by atoms with Crippen molar-refractivity contribution in [3.63, 3.8) is 0 Å². The van der Waals surface area contributed by atoms with Crippen LogP contribution >= 0.6 is 23.2 Å². The fraction of sp³-hybridized carbons (Fsp3) is 0.118. The highest BCUT2D eigenvalue weighted by atomic mass is 35.5. The van der Waals surface area contributed by atoms with Crippen molar-refractivity contribution in [2.75, 3.05) is 7.11 Å². The predicted molar refractivity (Wildman–Crippen MR) is 88.8 cm³/mol. The van der Waals surface area contributed by atoms with Crippen LogP contribution < -0.4 is 0 Å². The number of fused-ring (bicyclic) bond motifs is 1. The Balaban J connectivity index is 2.03. The average Bonchev–Trinajstić information content (AvgIpc) is 2.96. The molecule has 3 nitrogen and oxygen atoms in total. The first kappa shape index (κ1) is 15.8. The van der Waals surface area contributed by atoms with Crippen molar-refractivity contribution in [1.82, 2.24) is 4.57 Å². The molecule has 1 heterocycles. The number of hydrogen-bond donors (Lipinski definition) is 0. The third-order valence-electron chi connectivity index (χ3n) is 3.66. The summed E-state index contributed by atoms with van der Waals surface area (Å²) in [5.41, 5.74) is 1.14. The molecule has 0 aliphatic heterocycles. The lowest BCUT2D eigenvalue weighted by atomic mass is 10.1. The average molecular weight is 352 g/mol. The van der Waals surface area contributed by atoms with Crippen LogP contribution in [-0.4, -0.2) is 17.6 Å². The summed E-state index contributed by atoms with van der Waals surface area (Å²) >= 11 is 12.2. The maximum absolute atomic E-state index is 14.5. The van der Waals surface area contributed by atoms with Gasteiger partial charge in [0.1, 0.15) is 5.82 Å². The van der Waals surface area contributed by atoms with Gasteiger partial charge in [0.05, 0.1) is 29.3 Å². The van der Waals surface area contributed by atoms with Gasteiger partial charge in [-0.3, -0.25) is 0 Å². The van der Waals surface area contributed by atoms with E-state index in [4.69, 9.17) is 23.2 Å². The molecule has 0 unspecified atom stereocenters. The highest BCUT2D eigenvalue weighted by molar-refractivity contribution is 6.45. The highest BCUT2D eigenvalue weighted by Gasteiger charge is 2.16. The van der Waals surface area contributed by atoms with Crippen LogP contribution in [0.3, 0.4) is 0 Å².